The number of ether oxygens (including phenoxy) is 2. The van der Waals surface area contributed by atoms with Gasteiger partial charge in [0.1, 0.15) is 30.0 Å². The third-order valence-electron chi connectivity index (χ3n) is 2.32. The van der Waals surface area contributed by atoms with Crippen molar-refractivity contribution in [2.45, 2.75) is 6.10 Å². The maximum absolute atomic E-state index is 9.75. The molecule has 4 heteroatoms. The number of hydrogen-bond donors (Lipinski definition) is 1. The Morgan fingerprint density at radius 1 is 1.24 bits per heavy atom. The summed E-state index contributed by atoms with van der Waals surface area (Å²) in [5.41, 5.74) is 0. The molecule has 0 saturated heterocycles. The molecule has 0 amide bonds. The molecule has 4 nitrogen and oxygen atoms in total. The van der Waals surface area contributed by atoms with Gasteiger partial charge in [0.25, 0.3) is 0 Å². The van der Waals surface area contributed by atoms with E-state index >= 15 is 0 Å². The van der Waals surface area contributed by atoms with Gasteiger partial charge in [-0.3, -0.25) is 0 Å². The summed E-state index contributed by atoms with van der Waals surface area (Å²) in [6.45, 7) is 0.140. The highest BCUT2D eigenvalue weighted by Crippen LogP contribution is 2.21. The summed E-state index contributed by atoms with van der Waals surface area (Å²) in [7, 11) is 1.59. The first-order chi connectivity index (χ1) is 8.29. The van der Waals surface area contributed by atoms with Gasteiger partial charge >= 0.3 is 0 Å². The Balaban J connectivity index is 1.93. The van der Waals surface area contributed by atoms with Crippen LogP contribution in [0, 0.1) is 0 Å². The van der Waals surface area contributed by atoms with Crippen LogP contribution >= 0.6 is 0 Å². The summed E-state index contributed by atoms with van der Waals surface area (Å²) in [4.78, 5) is 0. The van der Waals surface area contributed by atoms with Gasteiger partial charge in [-0.15, -0.1) is 0 Å². The van der Waals surface area contributed by atoms with Gasteiger partial charge in [-0.1, -0.05) is 6.07 Å². The van der Waals surface area contributed by atoms with Crippen molar-refractivity contribution in [3.05, 3.63) is 48.4 Å². The minimum Gasteiger partial charge on any atom is -0.497 e. The average Bonchev–Trinajstić information content (AvgIpc) is 2.90. The van der Waals surface area contributed by atoms with Gasteiger partial charge in [0.05, 0.1) is 13.4 Å². The van der Waals surface area contributed by atoms with Gasteiger partial charge in [0.2, 0.25) is 0 Å². The van der Waals surface area contributed by atoms with Crippen LogP contribution in [-0.2, 0) is 0 Å². The van der Waals surface area contributed by atoms with Crippen LogP contribution in [0.15, 0.2) is 47.1 Å². The molecule has 1 N–H and O–H groups in total. The molecule has 0 aliphatic carbocycles. The van der Waals surface area contributed by atoms with Crippen LogP contribution < -0.4 is 9.47 Å². The Labute approximate surface area is 99.4 Å². The van der Waals surface area contributed by atoms with Crippen molar-refractivity contribution < 1.29 is 19.0 Å². The number of methoxy groups -OCH3 is 1. The largest absolute Gasteiger partial charge is 0.497 e. The molecule has 1 heterocycles. The van der Waals surface area contributed by atoms with Gasteiger partial charge in [0.15, 0.2) is 0 Å². The molecule has 0 aliphatic heterocycles. The number of hydrogen-bond acceptors (Lipinski definition) is 4. The zero-order valence-electron chi connectivity index (χ0n) is 9.50. The third-order valence-corrected chi connectivity index (χ3v) is 2.32. The molecule has 90 valence electrons. The zero-order chi connectivity index (χ0) is 12.1. The standard InChI is InChI=1S/C13H14O4/c1-15-10-4-2-5-11(8-10)17-9-12(14)13-6-3-7-16-13/h2-8,12,14H,9H2,1H3. The van der Waals surface area contributed by atoms with Crippen molar-refractivity contribution >= 4 is 0 Å². The van der Waals surface area contributed by atoms with Crippen molar-refractivity contribution in [1.29, 1.82) is 0 Å². The Hall–Kier alpha value is -1.94. The van der Waals surface area contributed by atoms with Crippen molar-refractivity contribution in [3.63, 3.8) is 0 Å². The summed E-state index contributed by atoms with van der Waals surface area (Å²) >= 11 is 0. The van der Waals surface area contributed by atoms with Gasteiger partial charge < -0.3 is 19.0 Å². The summed E-state index contributed by atoms with van der Waals surface area (Å²) in [5, 5.41) is 9.75. The first-order valence-corrected chi connectivity index (χ1v) is 5.28. The Morgan fingerprint density at radius 2 is 2.06 bits per heavy atom. The monoisotopic (exact) mass is 234 g/mol. The molecule has 0 spiro atoms. The molecule has 0 saturated carbocycles. The van der Waals surface area contributed by atoms with Gasteiger partial charge in [-0.2, -0.15) is 0 Å². The van der Waals surface area contributed by atoms with Crippen molar-refractivity contribution in [3.8, 4) is 11.5 Å². The molecule has 1 unspecified atom stereocenters. The molecule has 0 fully saturated rings. The van der Waals surface area contributed by atoms with Crippen LogP contribution in [0.2, 0.25) is 0 Å². The SMILES string of the molecule is COc1cccc(OCC(O)c2ccco2)c1. The van der Waals surface area contributed by atoms with Crippen molar-refractivity contribution in [2.75, 3.05) is 13.7 Å². The van der Waals surface area contributed by atoms with E-state index in [1.807, 2.05) is 12.1 Å². The Bertz CT molecular complexity index is 450. The summed E-state index contributed by atoms with van der Waals surface area (Å²) < 4.78 is 15.6. The van der Waals surface area contributed by atoms with Crippen molar-refractivity contribution in [1.82, 2.24) is 0 Å². The van der Waals surface area contributed by atoms with Crippen LogP contribution in [0.25, 0.3) is 0 Å². The first kappa shape index (κ1) is 11.5. The second-order valence-corrected chi connectivity index (χ2v) is 3.52. The van der Waals surface area contributed by atoms with E-state index in [-0.39, 0.29) is 6.61 Å². The van der Waals surface area contributed by atoms with E-state index < -0.39 is 6.10 Å². The van der Waals surface area contributed by atoms with Crippen LogP contribution in [-0.4, -0.2) is 18.8 Å². The van der Waals surface area contributed by atoms with E-state index in [4.69, 9.17) is 13.9 Å². The minimum atomic E-state index is -0.767. The highest BCUT2D eigenvalue weighted by atomic mass is 16.5. The molecular formula is C13H14O4. The van der Waals surface area contributed by atoms with Gasteiger partial charge in [-0.25, -0.2) is 0 Å². The lowest BCUT2D eigenvalue weighted by atomic mass is 10.3. The number of benzene rings is 1. The average molecular weight is 234 g/mol. The van der Waals surface area contributed by atoms with E-state index in [2.05, 4.69) is 0 Å². The van der Waals surface area contributed by atoms with Gasteiger partial charge in [-0.05, 0) is 24.3 Å². The molecule has 1 atom stereocenters. The lowest BCUT2D eigenvalue weighted by Crippen LogP contribution is -2.08. The quantitative estimate of drug-likeness (QED) is 0.863. The van der Waals surface area contributed by atoms with E-state index in [9.17, 15) is 5.11 Å². The highest BCUT2D eigenvalue weighted by molar-refractivity contribution is 5.32. The van der Waals surface area contributed by atoms with Crippen LogP contribution in [0.1, 0.15) is 11.9 Å². The molecule has 0 aliphatic rings. The summed E-state index contributed by atoms with van der Waals surface area (Å²) in [6, 6.07) is 10.7. The highest BCUT2D eigenvalue weighted by Gasteiger charge is 2.11. The van der Waals surface area contributed by atoms with E-state index in [1.165, 1.54) is 6.26 Å². The van der Waals surface area contributed by atoms with Gasteiger partial charge in [0, 0.05) is 6.07 Å². The summed E-state index contributed by atoms with van der Waals surface area (Å²) in [6.07, 6.45) is 0.751. The number of rotatable bonds is 5. The maximum atomic E-state index is 9.75. The Morgan fingerprint density at radius 3 is 2.76 bits per heavy atom. The molecule has 2 aromatic rings. The zero-order valence-corrected chi connectivity index (χ0v) is 9.50. The predicted octanol–water partition coefficient (Wildman–Crippen LogP) is 2.40. The smallest absolute Gasteiger partial charge is 0.145 e. The molecule has 17 heavy (non-hydrogen) atoms. The number of furan rings is 1. The normalized spacial score (nSPS) is 12.1. The third kappa shape index (κ3) is 3.01. The lowest BCUT2D eigenvalue weighted by Gasteiger charge is -2.10. The predicted molar refractivity (Wildman–Crippen MR) is 62.2 cm³/mol. The fourth-order valence-electron chi connectivity index (χ4n) is 1.43. The molecule has 0 radical (unpaired) electrons. The van der Waals surface area contributed by atoms with Crippen molar-refractivity contribution in [2.24, 2.45) is 0 Å². The van der Waals surface area contributed by atoms with E-state index in [0.29, 0.717) is 11.5 Å². The second-order valence-electron chi connectivity index (χ2n) is 3.52. The number of aliphatic hydroxyl groups excluding tert-OH is 1. The molecule has 1 aromatic heterocycles. The van der Waals surface area contributed by atoms with E-state index in [0.717, 1.165) is 5.75 Å². The summed E-state index contributed by atoms with van der Waals surface area (Å²) in [5.74, 6) is 1.86. The first-order valence-electron chi connectivity index (χ1n) is 5.28. The lowest BCUT2D eigenvalue weighted by molar-refractivity contribution is 0.0887. The molecule has 2 rings (SSSR count). The number of aliphatic hydroxyl groups is 1. The van der Waals surface area contributed by atoms with Crippen LogP contribution in [0.4, 0.5) is 0 Å². The fraction of sp³-hybridized carbons (Fsp3) is 0.231. The molecule has 0 bridgehead atoms. The topological polar surface area (TPSA) is 51.8 Å². The fourth-order valence-corrected chi connectivity index (χ4v) is 1.43. The van der Waals surface area contributed by atoms with Crippen LogP contribution in [0.5, 0.6) is 11.5 Å². The van der Waals surface area contributed by atoms with Crippen LogP contribution in [0.3, 0.4) is 0 Å². The Kier molecular flexibility index (Phi) is 3.67. The maximum Gasteiger partial charge on any atom is 0.145 e. The molecular weight excluding hydrogens is 220 g/mol. The second kappa shape index (κ2) is 5.41. The minimum absolute atomic E-state index is 0.140. The van der Waals surface area contributed by atoms with E-state index in [1.54, 1.807) is 31.4 Å². The molecule has 1 aromatic carbocycles.